The summed E-state index contributed by atoms with van der Waals surface area (Å²) in [5, 5.41) is 6.46. The van der Waals surface area contributed by atoms with E-state index in [1.807, 2.05) is 25.2 Å². The second-order valence-electron chi connectivity index (χ2n) is 7.18. The summed E-state index contributed by atoms with van der Waals surface area (Å²) in [6, 6.07) is 6.16. The number of carbonyl (C=O) groups is 1. The molecule has 0 aliphatic carbocycles. The van der Waals surface area contributed by atoms with Gasteiger partial charge in [-0.05, 0) is 31.4 Å². The van der Waals surface area contributed by atoms with Crippen molar-refractivity contribution in [2.75, 3.05) is 27.2 Å². The topological polar surface area (TPSA) is 69.6 Å². The molecule has 0 aliphatic rings. The number of amides is 1. The molecule has 0 saturated carbocycles. The minimum atomic E-state index is 0. The van der Waals surface area contributed by atoms with E-state index >= 15 is 0 Å². The largest absolute Gasteiger partial charge is 0.354 e. The Morgan fingerprint density at radius 3 is 2.59 bits per heavy atom. The highest BCUT2D eigenvalue weighted by molar-refractivity contribution is 14.0. The zero-order valence-electron chi connectivity index (χ0n) is 17.4. The maximum Gasteiger partial charge on any atom is 0.241 e. The van der Waals surface area contributed by atoms with Crippen LogP contribution in [0, 0.1) is 5.92 Å². The SMILES string of the molecule is CN=C(NCC(=O)N(C)CCc1ccccn1)NC(C)CCCC(C)C.I. The van der Waals surface area contributed by atoms with Crippen LogP contribution >= 0.6 is 24.0 Å². The highest BCUT2D eigenvalue weighted by Crippen LogP contribution is 2.08. The maximum absolute atomic E-state index is 12.3. The fourth-order valence-corrected chi connectivity index (χ4v) is 2.58. The van der Waals surface area contributed by atoms with Gasteiger partial charge in [-0.25, -0.2) is 0 Å². The third-order valence-electron chi connectivity index (χ3n) is 4.29. The van der Waals surface area contributed by atoms with Crippen molar-refractivity contribution in [2.45, 2.75) is 52.5 Å². The minimum absolute atomic E-state index is 0. The van der Waals surface area contributed by atoms with E-state index in [2.05, 4.69) is 41.4 Å². The Bertz CT molecular complexity index is 551. The van der Waals surface area contributed by atoms with E-state index < -0.39 is 0 Å². The lowest BCUT2D eigenvalue weighted by atomic mass is 10.0. The zero-order valence-corrected chi connectivity index (χ0v) is 19.7. The van der Waals surface area contributed by atoms with Crippen LogP contribution in [0.1, 0.15) is 45.7 Å². The van der Waals surface area contributed by atoms with Crippen LogP contribution in [0.4, 0.5) is 0 Å². The first-order valence-electron chi connectivity index (χ1n) is 9.53. The molecule has 0 aromatic carbocycles. The number of likely N-dealkylation sites (N-methyl/N-ethyl adjacent to an activating group) is 1. The minimum Gasteiger partial charge on any atom is -0.354 e. The van der Waals surface area contributed by atoms with Crippen LogP contribution in [-0.2, 0) is 11.2 Å². The number of rotatable bonds is 10. The molecular weight excluding hydrogens is 453 g/mol. The molecule has 1 heterocycles. The summed E-state index contributed by atoms with van der Waals surface area (Å²) in [6.45, 7) is 7.52. The van der Waals surface area contributed by atoms with Crippen molar-refractivity contribution >= 4 is 35.8 Å². The predicted molar refractivity (Wildman–Crippen MR) is 124 cm³/mol. The second-order valence-corrected chi connectivity index (χ2v) is 7.18. The van der Waals surface area contributed by atoms with Gasteiger partial charge in [-0.15, -0.1) is 24.0 Å². The summed E-state index contributed by atoms with van der Waals surface area (Å²) in [7, 11) is 3.54. The van der Waals surface area contributed by atoms with Crippen LogP contribution in [0.3, 0.4) is 0 Å². The number of aromatic nitrogens is 1. The number of nitrogens with zero attached hydrogens (tertiary/aromatic N) is 3. The van der Waals surface area contributed by atoms with Crippen LogP contribution in [0.5, 0.6) is 0 Å². The number of nitrogens with one attached hydrogen (secondary N) is 2. The first-order chi connectivity index (χ1) is 12.4. The molecular formula is C20H36IN5O. The molecule has 0 bridgehead atoms. The van der Waals surface area contributed by atoms with Gasteiger partial charge in [-0.3, -0.25) is 14.8 Å². The van der Waals surface area contributed by atoms with E-state index in [0.29, 0.717) is 18.5 Å². The lowest BCUT2D eigenvalue weighted by molar-refractivity contribution is -0.128. The monoisotopic (exact) mass is 489 g/mol. The fraction of sp³-hybridized carbons (Fsp3) is 0.650. The Balaban J connectivity index is 0.00000676. The molecule has 1 atom stereocenters. The molecule has 0 saturated heterocycles. The van der Waals surface area contributed by atoms with Gasteiger partial charge in [0.15, 0.2) is 5.96 Å². The van der Waals surface area contributed by atoms with Crippen LogP contribution in [0.25, 0.3) is 0 Å². The van der Waals surface area contributed by atoms with Gasteiger partial charge >= 0.3 is 0 Å². The molecule has 0 spiro atoms. The number of hydrogen-bond donors (Lipinski definition) is 2. The summed E-state index contributed by atoms with van der Waals surface area (Å²) in [5.41, 5.74) is 0.993. The van der Waals surface area contributed by atoms with Gasteiger partial charge in [0.25, 0.3) is 0 Å². The molecule has 27 heavy (non-hydrogen) atoms. The number of pyridine rings is 1. The van der Waals surface area contributed by atoms with Crippen LogP contribution in [0.2, 0.25) is 0 Å². The summed E-state index contributed by atoms with van der Waals surface area (Å²) in [4.78, 5) is 22.5. The lowest BCUT2D eigenvalue weighted by Crippen LogP contribution is -2.46. The van der Waals surface area contributed by atoms with Gasteiger partial charge in [-0.2, -0.15) is 0 Å². The summed E-state index contributed by atoms with van der Waals surface area (Å²) < 4.78 is 0. The number of carbonyl (C=O) groups excluding carboxylic acids is 1. The Morgan fingerprint density at radius 2 is 2.00 bits per heavy atom. The summed E-state index contributed by atoms with van der Waals surface area (Å²) >= 11 is 0. The van der Waals surface area contributed by atoms with Crippen LogP contribution < -0.4 is 10.6 Å². The van der Waals surface area contributed by atoms with Gasteiger partial charge in [0.05, 0.1) is 6.54 Å². The van der Waals surface area contributed by atoms with Gasteiger partial charge in [-0.1, -0.05) is 32.8 Å². The van der Waals surface area contributed by atoms with Gasteiger partial charge in [0.1, 0.15) is 0 Å². The van der Waals surface area contributed by atoms with E-state index in [0.717, 1.165) is 24.5 Å². The van der Waals surface area contributed by atoms with E-state index in [1.165, 1.54) is 12.8 Å². The van der Waals surface area contributed by atoms with E-state index in [4.69, 9.17) is 0 Å². The Hall–Kier alpha value is -1.38. The van der Waals surface area contributed by atoms with Crippen LogP contribution in [-0.4, -0.2) is 55.0 Å². The van der Waals surface area contributed by atoms with Crippen molar-refractivity contribution in [1.29, 1.82) is 0 Å². The van der Waals surface area contributed by atoms with Crippen molar-refractivity contribution in [1.82, 2.24) is 20.5 Å². The number of hydrogen-bond acceptors (Lipinski definition) is 3. The molecule has 1 amide bonds. The van der Waals surface area contributed by atoms with Gasteiger partial charge < -0.3 is 15.5 Å². The molecule has 1 aromatic heterocycles. The zero-order chi connectivity index (χ0) is 19.4. The molecule has 1 unspecified atom stereocenters. The average Bonchev–Trinajstić information content (AvgIpc) is 2.63. The first-order valence-corrected chi connectivity index (χ1v) is 9.53. The number of aliphatic imine (C=N–C) groups is 1. The van der Waals surface area contributed by atoms with E-state index in [9.17, 15) is 4.79 Å². The molecule has 2 N–H and O–H groups in total. The van der Waals surface area contributed by atoms with Crippen molar-refractivity contribution in [3.63, 3.8) is 0 Å². The summed E-state index contributed by atoms with van der Waals surface area (Å²) in [5.74, 6) is 1.45. The fourth-order valence-electron chi connectivity index (χ4n) is 2.58. The standard InChI is InChI=1S/C20H35N5O.HI/c1-16(2)9-8-10-17(3)24-20(21-4)23-15-19(26)25(5)14-12-18-11-6-7-13-22-18;/h6-7,11,13,16-17H,8-10,12,14-15H2,1-5H3,(H2,21,23,24);1H. The molecule has 0 fully saturated rings. The molecule has 1 aromatic rings. The average molecular weight is 489 g/mol. The predicted octanol–water partition coefficient (Wildman–Crippen LogP) is 3.08. The molecule has 0 aliphatic heterocycles. The molecule has 7 heteroatoms. The molecule has 6 nitrogen and oxygen atoms in total. The molecule has 0 radical (unpaired) electrons. The smallest absolute Gasteiger partial charge is 0.241 e. The molecule has 154 valence electrons. The third-order valence-corrected chi connectivity index (χ3v) is 4.29. The Morgan fingerprint density at radius 1 is 1.26 bits per heavy atom. The first kappa shape index (κ1) is 25.6. The number of guanidine groups is 1. The van der Waals surface area contributed by atoms with Gasteiger partial charge in [0, 0.05) is 45.0 Å². The van der Waals surface area contributed by atoms with Crippen LogP contribution in [0.15, 0.2) is 29.4 Å². The third kappa shape index (κ3) is 11.8. The van der Waals surface area contributed by atoms with Crippen molar-refractivity contribution < 1.29 is 4.79 Å². The normalized spacial score (nSPS) is 12.3. The quantitative estimate of drug-likeness (QED) is 0.301. The maximum atomic E-state index is 12.3. The van der Waals surface area contributed by atoms with Crippen molar-refractivity contribution in [3.8, 4) is 0 Å². The number of halogens is 1. The van der Waals surface area contributed by atoms with E-state index in [1.54, 1.807) is 18.1 Å². The summed E-state index contributed by atoms with van der Waals surface area (Å²) in [6.07, 6.45) is 6.05. The van der Waals surface area contributed by atoms with E-state index in [-0.39, 0.29) is 36.4 Å². The van der Waals surface area contributed by atoms with Crippen molar-refractivity contribution in [2.24, 2.45) is 10.9 Å². The van der Waals surface area contributed by atoms with Crippen molar-refractivity contribution in [3.05, 3.63) is 30.1 Å². The highest BCUT2D eigenvalue weighted by Gasteiger charge is 2.11. The molecule has 1 rings (SSSR count). The Kier molecular flexibility index (Phi) is 13.9. The lowest BCUT2D eigenvalue weighted by Gasteiger charge is -2.20. The van der Waals surface area contributed by atoms with Gasteiger partial charge in [0.2, 0.25) is 5.91 Å². The highest BCUT2D eigenvalue weighted by atomic mass is 127. The second kappa shape index (κ2) is 14.6. The Labute approximate surface area is 181 Å².